The summed E-state index contributed by atoms with van der Waals surface area (Å²) >= 11 is 0. The summed E-state index contributed by atoms with van der Waals surface area (Å²) in [6.45, 7) is 3.07. The number of piperidine rings is 1. The molecule has 1 aromatic rings. The van der Waals surface area contributed by atoms with E-state index in [2.05, 4.69) is 5.32 Å². The SMILES string of the molecule is CCOC(=O)N(C)c1ccc(NC(=O)N2CCC[C@H](O)C2)cc1. The number of nitrogens with one attached hydrogen (secondary N) is 1. The van der Waals surface area contributed by atoms with Gasteiger partial charge in [-0.05, 0) is 44.0 Å². The van der Waals surface area contributed by atoms with Crippen molar-refractivity contribution in [2.45, 2.75) is 25.9 Å². The van der Waals surface area contributed by atoms with Gasteiger partial charge in [0.25, 0.3) is 0 Å². The molecular formula is C16H23N3O4. The monoisotopic (exact) mass is 321 g/mol. The summed E-state index contributed by atoms with van der Waals surface area (Å²) < 4.78 is 4.93. The van der Waals surface area contributed by atoms with E-state index < -0.39 is 12.2 Å². The van der Waals surface area contributed by atoms with Crippen LogP contribution in [0.2, 0.25) is 0 Å². The molecule has 0 aromatic heterocycles. The van der Waals surface area contributed by atoms with Gasteiger partial charge < -0.3 is 20.1 Å². The van der Waals surface area contributed by atoms with Crippen LogP contribution in [0.4, 0.5) is 21.0 Å². The molecule has 126 valence electrons. The fraction of sp³-hybridized carbons (Fsp3) is 0.500. The standard InChI is InChI=1S/C16H23N3O4/c1-3-23-16(22)18(2)13-8-6-12(7-9-13)17-15(21)19-10-4-5-14(20)11-19/h6-9,14,20H,3-5,10-11H2,1-2H3,(H,17,21)/t14-/m0/s1. The Morgan fingerprint density at radius 1 is 1.39 bits per heavy atom. The van der Waals surface area contributed by atoms with Gasteiger partial charge in [0, 0.05) is 31.5 Å². The molecule has 0 aliphatic carbocycles. The van der Waals surface area contributed by atoms with Crippen molar-refractivity contribution in [1.29, 1.82) is 0 Å². The predicted molar refractivity (Wildman–Crippen MR) is 87.7 cm³/mol. The molecule has 1 aliphatic rings. The van der Waals surface area contributed by atoms with Gasteiger partial charge in [-0.25, -0.2) is 9.59 Å². The molecule has 0 saturated carbocycles. The molecule has 1 fully saturated rings. The minimum atomic E-state index is -0.449. The first-order chi connectivity index (χ1) is 11.0. The third-order valence-corrected chi connectivity index (χ3v) is 3.73. The number of aliphatic hydroxyl groups excluding tert-OH is 1. The predicted octanol–water partition coefficient (Wildman–Crippen LogP) is 2.27. The average Bonchev–Trinajstić information content (AvgIpc) is 2.55. The number of likely N-dealkylation sites (tertiary alicyclic amines) is 1. The van der Waals surface area contributed by atoms with Crippen LogP contribution in [0.5, 0.6) is 0 Å². The normalized spacial score (nSPS) is 17.5. The van der Waals surface area contributed by atoms with Crippen LogP contribution in [0.25, 0.3) is 0 Å². The summed E-state index contributed by atoms with van der Waals surface area (Å²) in [6, 6.07) is 6.69. The van der Waals surface area contributed by atoms with E-state index in [1.807, 2.05) is 0 Å². The third kappa shape index (κ3) is 4.59. The van der Waals surface area contributed by atoms with Crippen LogP contribution >= 0.6 is 0 Å². The van der Waals surface area contributed by atoms with Crippen LogP contribution in [0.1, 0.15) is 19.8 Å². The summed E-state index contributed by atoms with van der Waals surface area (Å²) in [6.07, 6.45) is 0.665. The summed E-state index contributed by atoms with van der Waals surface area (Å²) in [5, 5.41) is 12.4. The molecule has 2 rings (SSSR count). The van der Waals surface area contributed by atoms with E-state index in [0.29, 0.717) is 31.1 Å². The summed E-state index contributed by atoms with van der Waals surface area (Å²) in [5.74, 6) is 0. The minimum absolute atomic E-state index is 0.227. The van der Waals surface area contributed by atoms with Gasteiger partial charge in [-0.3, -0.25) is 4.90 Å². The maximum absolute atomic E-state index is 12.1. The summed E-state index contributed by atoms with van der Waals surface area (Å²) in [7, 11) is 1.63. The number of carbonyl (C=O) groups is 2. The lowest BCUT2D eigenvalue weighted by Gasteiger charge is -2.30. The Morgan fingerprint density at radius 2 is 2.09 bits per heavy atom. The van der Waals surface area contributed by atoms with Crippen LogP contribution in [-0.4, -0.2) is 55.0 Å². The first-order valence-electron chi connectivity index (χ1n) is 7.75. The number of urea groups is 1. The molecule has 0 radical (unpaired) electrons. The van der Waals surface area contributed by atoms with Gasteiger partial charge in [-0.1, -0.05) is 0 Å². The molecule has 1 aromatic carbocycles. The highest BCUT2D eigenvalue weighted by molar-refractivity contribution is 5.91. The van der Waals surface area contributed by atoms with Gasteiger partial charge in [-0.2, -0.15) is 0 Å². The number of hydrogen-bond acceptors (Lipinski definition) is 4. The maximum atomic E-state index is 12.1. The van der Waals surface area contributed by atoms with Crippen LogP contribution in [-0.2, 0) is 4.74 Å². The topological polar surface area (TPSA) is 82.1 Å². The molecule has 1 saturated heterocycles. The molecule has 1 heterocycles. The van der Waals surface area contributed by atoms with Gasteiger partial charge in [-0.15, -0.1) is 0 Å². The molecule has 3 amide bonds. The number of hydrogen-bond donors (Lipinski definition) is 2. The van der Waals surface area contributed by atoms with Crippen molar-refractivity contribution >= 4 is 23.5 Å². The van der Waals surface area contributed by atoms with Gasteiger partial charge >= 0.3 is 12.1 Å². The molecule has 1 aliphatic heterocycles. The minimum Gasteiger partial charge on any atom is -0.449 e. The van der Waals surface area contributed by atoms with E-state index in [9.17, 15) is 14.7 Å². The van der Waals surface area contributed by atoms with Gasteiger partial charge in [0.2, 0.25) is 0 Å². The van der Waals surface area contributed by atoms with E-state index in [0.717, 1.165) is 12.8 Å². The zero-order chi connectivity index (χ0) is 16.8. The Kier molecular flexibility index (Phi) is 5.81. The fourth-order valence-corrected chi connectivity index (χ4v) is 2.44. The first kappa shape index (κ1) is 17.1. The molecule has 2 N–H and O–H groups in total. The van der Waals surface area contributed by atoms with E-state index in [1.54, 1.807) is 43.1 Å². The Bertz CT molecular complexity index is 547. The van der Waals surface area contributed by atoms with Crippen LogP contribution < -0.4 is 10.2 Å². The highest BCUT2D eigenvalue weighted by atomic mass is 16.6. The van der Waals surface area contributed by atoms with E-state index in [1.165, 1.54) is 4.90 Å². The number of ether oxygens (including phenoxy) is 1. The number of nitrogens with zero attached hydrogens (tertiary/aromatic N) is 2. The number of β-amino-alcohol motifs (C(OH)–C–C–N with tert-alkyl or cyclic N) is 1. The molecule has 7 nitrogen and oxygen atoms in total. The van der Waals surface area contributed by atoms with Crippen LogP contribution in [0.3, 0.4) is 0 Å². The van der Waals surface area contributed by atoms with Gasteiger partial charge in [0.15, 0.2) is 0 Å². The first-order valence-corrected chi connectivity index (χ1v) is 7.75. The lowest BCUT2D eigenvalue weighted by Crippen LogP contribution is -2.44. The van der Waals surface area contributed by atoms with Crippen molar-refractivity contribution in [3.8, 4) is 0 Å². The number of aliphatic hydroxyl groups is 1. The molecule has 1 atom stereocenters. The molecule has 7 heteroatoms. The number of rotatable bonds is 3. The second-order valence-electron chi connectivity index (χ2n) is 5.48. The largest absolute Gasteiger partial charge is 0.449 e. The van der Waals surface area contributed by atoms with Crippen molar-refractivity contribution in [2.75, 3.05) is 37.0 Å². The van der Waals surface area contributed by atoms with Gasteiger partial charge in [0.05, 0.1) is 12.7 Å². The maximum Gasteiger partial charge on any atom is 0.413 e. The molecular weight excluding hydrogens is 298 g/mol. The third-order valence-electron chi connectivity index (χ3n) is 3.73. The van der Waals surface area contributed by atoms with Gasteiger partial charge in [0.1, 0.15) is 0 Å². The van der Waals surface area contributed by atoms with Crippen LogP contribution in [0.15, 0.2) is 24.3 Å². The van der Waals surface area contributed by atoms with Crippen LogP contribution in [0, 0.1) is 0 Å². The summed E-state index contributed by atoms with van der Waals surface area (Å²) in [5.41, 5.74) is 1.31. The second-order valence-corrected chi connectivity index (χ2v) is 5.48. The summed E-state index contributed by atoms with van der Waals surface area (Å²) in [4.78, 5) is 26.8. The quantitative estimate of drug-likeness (QED) is 0.895. The van der Waals surface area contributed by atoms with Crippen molar-refractivity contribution in [3.05, 3.63) is 24.3 Å². The lowest BCUT2D eigenvalue weighted by atomic mass is 10.1. The Labute approximate surface area is 135 Å². The number of anilines is 2. The Morgan fingerprint density at radius 3 is 2.70 bits per heavy atom. The second kappa shape index (κ2) is 7.82. The van der Waals surface area contributed by atoms with E-state index >= 15 is 0 Å². The number of amides is 3. The number of benzene rings is 1. The molecule has 23 heavy (non-hydrogen) atoms. The molecule has 0 spiro atoms. The Hall–Kier alpha value is -2.28. The highest BCUT2D eigenvalue weighted by Crippen LogP contribution is 2.18. The smallest absolute Gasteiger partial charge is 0.413 e. The lowest BCUT2D eigenvalue weighted by molar-refractivity contribution is 0.0883. The highest BCUT2D eigenvalue weighted by Gasteiger charge is 2.22. The zero-order valence-electron chi connectivity index (χ0n) is 13.5. The average molecular weight is 321 g/mol. The van der Waals surface area contributed by atoms with Crippen molar-refractivity contribution in [2.24, 2.45) is 0 Å². The van der Waals surface area contributed by atoms with Crippen molar-refractivity contribution in [3.63, 3.8) is 0 Å². The Balaban J connectivity index is 1.94. The number of carbonyl (C=O) groups excluding carboxylic acids is 2. The van der Waals surface area contributed by atoms with E-state index in [-0.39, 0.29) is 6.03 Å². The zero-order valence-corrected chi connectivity index (χ0v) is 13.5. The van der Waals surface area contributed by atoms with Crippen molar-refractivity contribution < 1.29 is 19.4 Å². The molecule has 0 bridgehead atoms. The molecule has 0 unspecified atom stereocenters. The van der Waals surface area contributed by atoms with Crippen molar-refractivity contribution in [1.82, 2.24) is 4.90 Å². The van der Waals surface area contributed by atoms with E-state index in [4.69, 9.17) is 4.74 Å². The fourth-order valence-electron chi connectivity index (χ4n) is 2.44.